The van der Waals surface area contributed by atoms with Gasteiger partial charge in [-0.2, -0.15) is 8.42 Å². The summed E-state index contributed by atoms with van der Waals surface area (Å²) in [5.74, 6) is -0.650. The monoisotopic (exact) mass is 302 g/mol. The van der Waals surface area contributed by atoms with E-state index in [1.54, 1.807) is 13.0 Å². The van der Waals surface area contributed by atoms with Crippen molar-refractivity contribution < 1.29 is 22.0 Å². The third-order valence-electron chi connectivity index (χ3n) is 3.11. The highest BCUT2D eigenvalue weighted by Gasteiger charge is 2.40. The summed E-state index contributed by atoms with van der Waals surface area (Å²) in [4.78, 5) is 23.0. The van der Waals surface area contributed by atoms with Crippen LogP contribution in [0.3, 0.4) is 0 Å². The summed E-state index contributed by atoms with van der Waals surface area (Å²) in [5, 5.41) is 9.52. The molecule has 0 saturated carbocycles. The van der Waals surface area contributed by atoms with E-state index < -0.39 is 39.3 Å². The van der Waals surface area contributed by atoms with E-state index >= 15 is 0 Å². The van der Waals surface area contributed by atoms with Gasteiger partial charge in [0.1, 0.15) is 10.9 Å². The molecule has 7 nitrogen and oxygen atoms in total. The van der Waals surface area contributed by atoms with Gasteiger partial charge in [0.2, 0.25) is 5.91 Å². The number of hydrogen-bond acceptors (Lipinski definition) is 5. The summed E-state index contributed by atoms with van der Waals surface area (Å²) in [6.45, 7) is 1.24. The third kappa shape index (κ3) is 2.62. The van der Waals surface area contributed by atoms with Crippen LogP contribution in [0, 0.1) is 17.0 Å². The van der Waals surface area contributed by atoms with Gasteiger partial charge in [-0.15, -0.1) is 3.89 Å². The van der Waals surface area contributed by atoms with Crippen molar-refractivity contribution in [2.75, 3.05) is 11.4 Å². The predicted octanol–water partition coefficient (Wildman–Crippen LogP) is 1.31. The van der Waals surface area contributed by atoms with Crippen molar-refractivity contribution >= 4 is 27.5 Å². The minimum Gasteiger partial charge on any atom is -0.305 e. The Bertz CT molecular complexity index is 688. The zero-order chi connectivity index (χ0) is 15.1. The minimum absolute atomic E-state index is 0.0169. The topological polar surface area (TPSA) is 97.6 Å². The van der Waals surface area contributed by atoms with Gasteiger partial charge in [-0.05, 0) is 18.6 Å². The quantitative estimate of drug-likeness (QED) is 0.476. The standard InChI is InChI=1S/C11H11FN2O5S/c1-7-2-3-9(10(4-7)14(16)17)13-6-8(5-11(13)15)20(12,18)19/h2-4,8H,5-6H2,1H3. The van der Waals surface area contributed by atoms with Crippen LogP contribution < -0.4 is 4.90 Å². The van der Waals surface area contributed by atoms with Crippen molar-refractivity contribution in [3.05, 3.63) is 33.9 Å². The van der Waals surface area contributed by atoms with Crippen molar-refractivity contribution in [2.45, 2.75) is 18.6 Å². The summed E-state index contributed by atoms with van der Waals surface area (Å²) < 4.78 is 34.6. The van der Waals surface area contributed by atoms with E-state index in [-0.39, 0.29) is 11.4 Å². The molecule has 0 bridgehead atoms. The van der Waals surface area contributed by atoms with Crippen molar-refractivity contribution in [3.8, 4) is 0 Å². The second-order valence-electron chi connectivity index (χ2n) is 4.56. The number of anilines is 1. The van der Waals surface area contributed by atoms with Crippen LogP contribution >= 0.6 is 0 Å². The van der Waals surface area contributed by atoms with Crippen LogP contribution in [0.2, 0.25) is 0 Å². The lowest BCUT2D eigenvalue weighted by Gasteiger charge is -2.16. The molecule has 1 aliphatic heterocycles. The van der Waals surface area contributed by atoms with Gasteiger partial charge in [0.15, 0.2) is 0 Å². The fourth-order valence-electron chi connectivity index (χ4n) is 2.10. The van der Waals surface area contributed by atoms with Crippen LogP contribution in [0.4, 0.5) is 15.3 Å². The average molecular weight is 302 g/mol. The number of aryl methyl sites for hydroxylation is 1. The first-order chi connectivity index (χ1) is 9.20. The lowest BCUT2D eigenvalue weighted by Crippen LogP contribution is -2.27. The van der Waals surface area contributed by atoms with E-state index in [1.165, 1.54) is 12.1 Å². The Labute approximate surface area is 114 Å². The molecule has 1 aliphatic rings. The molecule has 20 heavy (non-hydrogen) atoms. The molecule has 1 aromatic rings. The molecule has 0 N–H and O–H groups in total. The Morgan fingerprint density at radius 3 is 2.60 bits per heavy atom. The molecule has 2 rings (SSSR count). The Morgan fingerprint density at radius 1 is 1.45 bits per heavy atom. The van der Waals surface area contributed by atoms with Crippen LogP contribution in [0.5, 0.6) is 0 Å². The summed E-state index contributed by atoms with van der Waals surface area (Å²) in [7, 11) is -4.85. The first-order valence-electron chi connectivity index (χ1n) is 5.69. The number of nitro benzene ring substituents is 1. The maximum atomic E-state index is 12.9. The van der Waals surface area contributed by atoms with Crippen LogP contribution in [-0.2, 0) is 15.0 Å². The van der Waals surface area contributed by atoms with E-state index in [0.29, 0.717) is 5.56 Å². The number of halogens is 1. The molecule has 1 aromatic carbocycles. The number of carbonyl (C=O) groups is 1. The van der Waals surface area contributed by atoms with Crippen LogP contribution in [0.25, 0.3) is 0 Å². The normalized spacial score (nSPS) is 19.4. The zero-order valence-electron chi connectivity index (χ0n) is 10.4. The molecule has 0 radical (unpaired) electrons. The van der Waals surface area contributed by atoms with Gasteiger partial charge in [-0.25, -0.2) is 0 Å². The fourth-order valence-corrected chi connectivity index (χ4v) is 2.77. The lowest BCUT2D eigenvalue weighted by atomic mass is 10.2. The van der Waals surface area contributed by atoms with Crippen LogP contribution in [-0.4, -0.2) is 31.0 Å². The molecule has 1 amide bonds. The van der Waals surface area contributed by atoms with Gasteiger partial charge >= 0.3 is 10.2 Å². The Hall–Kier alpha value is -2.03. The zero-order valence-corrected chi connectivity index (χ0v) is 11.3. The maximum absolute atomic E-state index is 12.9. The van der Waals surface area contributed by atoms with Gasteiger partial charge in [-0.3, -0.25) is 14.9 Å². The molecule has 0 aromatic heterocycles. The second-order valence-corrected chi connectivity index (χ2v) is 6.17. The molecule has 9 heteroatoms. The SMILES string of the molecule is Cc1ccc(N2CC(S(=O)(=O)F)CC2=O)c([N+](=O)[O-])c1. The molecular formula is C11H11FN2O5S. The van der Waals surface area contributed by atoms with E-state index in [2.05, 4.69) is 0 Å². The predicted molar refractivity (Wildman–Crippen MR) is 68.6 cm³/mol. The first kappa shape index (κ1) is 14.4. The molecule has 1 unspecified atom stereocenters. The van der Waals surface area contributed by atoms with Crippen LogP contribution in [0.1, 0.15) is 12.0 Å². The Balaban J connectivity index is 2.43. The minimum atomic E-state index is -4.85. The number of nitrogens with zero attached hydrogens (tertiary/aromatic N) is 2. The Kier molecular flexibility index (Phi) is 3.46. The molecule has 0 aliphatic carbocycles. The molecule has 0 spiro atoms. The number of amides is 1. The molecule has 108 valence electrons. The largest absolute Gasteiger partial charge is 0.307 e. The number of rotatable bonds is 3. The average Bonchev–Trinajstić information content (AvgIpc) is 2.71. The number of nitro groups is 1. The molecule has 1 heterocycles. The van der Waals surface area contributed by atoms with Gasteiger partial charge in [0, 0.05) is 19.0 Å². The lowest BCUT2D eigenvalue weighted by molar-refractivity contribution is -0.384. The van der Waals surface area contributed by atoms with E-state index in [9.17, 15) is 27.2 Å². The highest BCUT2D eigenvalue weighted by Crippen LogP contribution is 2.33. The van der Waals surface area contributed by atoms with Crippen LogP contribution in [0.15, 0.2) is 18.2 Å². The highest BCUT2D eigenvalue weighted by molar-refractivity contribution is 7.87. The summed E-state index contributed by atoms with van der Waals surface area (Å²) in [6.07, 6.45) is -0.510. The van der Waals surface area contributed by atoms with Crippen molar-refractivity contribution in [3.63, 3.8) is 0 Å². The maximum Gasteiger partial charge on any atom is 0.307 e. The summed E-state index contributed by atoms with van der Waals surface area (Å²) in [5.41, 5.74) is 0.300. The number of carbonyl (C=O) groups excluding carboxylic acids is 1. The molecule has 1 fully saturated rings. The second kappa shape index (κ2) is 4.82. The Morgan fingerprint density at radius 2 is 2.10 bits per heavy atom. The number of hydrogen-bond donors (Lipinski definition) is 0. The molecular weight excluding hydrogens is 291 g/mol. The molecule has 1 atom stereocenters. The third-order valence-corrected chi connectivity index (χ3v) is 4.22. The summed E-state index contributed by atoms with van der Waals surface area (Å²) in [6, 6.07) is 4.20. The molecule has 1 saturated heterocycles. The first-order valence-corrected chi connectivity index (χ1v) is 7.13. The van der Waals surface area contributed by atoms with E-state index in [0.717, 1.165) is 4.90 Å². The van der Waals surface area contributed by atoms with Crippen molar-refractivity contribution in [1.82, 2.24) is 0 Å². The fraction of sp³-hybridized carbons (Fsp3) is 0.364. The van der Waals surface area contributed by atoms with Gasteiger partial charge in [0.25, 0.3) is 5.69 Å². The van der Waals surface area contributed by atoms with E-state index in [1.807, 2.05) is 0 Å². The van der Waals surface area contributed by atoms with Gasteiger partial charge < -0.3 is 4.90 Å². The van der Waals surface area contributed by atoms with Gasteiger partial charge in [-0.1, -0.05) is 6.07 Å². The summed E-state index contributed by atoms with van der Waals surface area (Å²) >= 11 is 0. The smallest absolute Gasteiger partial charge is 0.305 e. The van der Waals surface area contributed by atoms with E-state index in [4.69, 9.17) is 0 Å². The van der Waals surface area contributed by atoms with Crippen molar-refractivity contribution in [2.24, 2.45) is 0 Å². The number of benzene rings is 1. The van der Waals surface area contributed by atoms with Crippen molar-refractivity contribution in [1.29, 1.82) is 0 Å². The van der Waals surface area contributed by atoms with Gasteiger partial charge in [0.05, 0.1) is 4.92 Å². The highest BCUT2D eigenvalue weighted by atomic mass is 32.3.